The van der Waals surface area contributed by atoms with Crippen LogP contribution in [0.25, 0.3) is 0 Å². The predicted molar refractivity (Wildman–Crippen MR) is 77.1 cm³/mol. The lowest BCUT2D eigenvalue weighted by Crippen LogP contribution is -2.48. The molecule has 0 aromatic carbocycles. The van der Waals surface area contributed by atoms with E-state index in [4.69, 9.17) is 5.11 Å². The molecule has 0 saturated heterocycles. The summed E-state index contributed by atoms with van der Waals surface area (Å²) in [6.45, 7) is 9.54. The Morgan fingerprint density at radius 3 is 1.95 bits per heavy atom. The van der Waals surface area contributed by atoms with Gasteiger partial charge in [0.05, 0.1) is 0 Å². The SMILES string of the molecule is CCN(CCC(O)C(=O)N(C(C)C)C(C)C)C(=O)CO. The van der Waals surface area contributed by atoms with Gasteiger partial charge in [0.2, 0.25) is 5.91 Å². The number of hydrogen-bond donors (Lipinski definition) is 2. The van der Waals surface area contributed by atoms with Crippen molar-refractivity contribution in [3.05, 3.63) is 0 Å². The number of rotatable bonds is 8. The van der Waals surface area contributed by atoms with E-state index in [0.717, 1.165) is 0 Å². The van der Waals surface area contributed by atoms with Crippen LogP contribution in [-0.4, -0.2) is 69.7 Å². The van der Waals surface area contributed by atoms with Crippen LogP contribution >= 0.6 is 0 Å². The standard InChI is InChI=1S/C14H28N2O4/c1-6-15(13(19)9-17)8-7-12(18)14(20)16(10(2)3)11(4)5/h10-12,17-18H,6-9H2,1-5H3. The summed E-state index contributed by atoms with van der Waals surface area (Å²) >= 11 is 0. The van der Waals surface area contributed by atoms with E-state index in [9.17, 15) is 14.7 Å². The highest BCUT2D eigenvalue weighted by molar-refractivity contribution is 5.81. The Labute approximate surface area is 121 Å². The van der Waals surface area contributed by atoms with E-state index in [1.807, 2.05) is 27.7 Å². The fourth-order valence-electron chi connectivity index (χ4n) is 2.24. The summed E-state index contributed by atoms with van der Waals surface area (Å²) in [5, 5.41) is 18.8. The zero-order chi connectivity index (χ0) is 15.9. The van der Waals surface area contributed by atoms with Crippen molar-refractivity contribution < 1.29 is 19.8 Å². The molecule has 1 atom stereocenters. The molecular weight excluding hydrogens is 260 g/mol. The summed E-state index contributed by atoms with van der Waals surface area (Å²) in [6, 6.07) is 0.0250. The van der Waals surface area contributed by atoms with Crippen LogP contribution in [0.1, 0.15) is 41.0 Å². The lowest BCUT2D eigenvalue weighted by molar-refractivity contribution is -0.145. The predicted octanol–water partition coefficient (Wildman–Crippen LogP) is 0.224. The van der Waals surface area contributed by atoms with Crippen LogP contribution in [0.4, 0.5) is 0 Å². The Morgan fingerprint density at radius 1 is 1.10 bits per heavy atom. The maximum atomic E-state index is 12.2. The molecule has 0 spiro atoms. The van der Waals surface area contributed by atoms with Crippen LogP contribution in [0.5, 0.6) is 0 Å². The zero-order valence-corrected chi connectivity index (χ0v) is 13.2. The number of amides is 2. The van der Waals surface area contributed by atoms with Gasteiger partial charge in [-0.2, -0.15) is 0 Å². The summed E-state index contributed by atoms with van der Waals surface area (Å²) in [7, 11) is 0. The lowest BCUT2D eigenvalue weighted by atomic mass is 10.1. The molecular formula is C14H28N2O4. The smallest absolute Gasteiger partial charge is 0.251 e. The largest absolute Gasteiger partial charge is 0.387 e. The van der Waals surface area contributed by atoms with Crippen molar-refractivity contribution in [3.63, 3.8) is 0 Å². The second-order valence-corrected chi connectivity index (χ2v) is 5.37. The third-order valence-corrected chi connectivity index (χ3v) is 3.19. The molecule has 0 aromatic rings. The molecule has 20 heavy (non-hydrogen) atoms. The van der Waals surface area contributed by atoms with Crippen molar-refractivity contribution in [2.75, 3.05) is 19.7 Å². The first kappa shape index (κ1) is 18.9. The van der Waals surface area contributed by atoms with Gasteiger partial charge in [0.25, 0.3) is 5.91 Å². The van der Waals surface area contributed by atoms with Gasteiger partial charge >= 0.3 is 0 Å². The van der Waals surface area contributed by atoms with Gasteiger partial charge in [0, 0.05) is 25.2 Å². The average Bonchev–Trinajstić information content (AvgIpc) is 2.37. The molecule has 0 fully saturated rings. The van der Waals surface area contributed by atoms with Crippen LogP contribution in [-0.2, 0) is 9.59 Å². The van der Waals surface area contributed by atoms with Crippen LogP contribution in [0, 0.1) is 0 Å². The van der Waals surface area contributed by atoms with E-state index in [1.165, 1.54) is 4.90 Å². The number of hydrogen-bond acceptors (Lipinski definition) is 4. The fourth-order valence-corrected chi connectivity index (χ4v) is 2.24. The molecule has 6 heteroatoms. The molecule has 6 nitrogen and oxygen atoms in total. The quantitative estimate of drug-likeness (QED) is 0.669. The third-order valence-electron chi connectivity index (χ3n) is 3.19. The molecule has 0 bridgehead atoms. The Bertz CT molecular complexity index is 310. The Balaban J connectivity index is 4.56. The molecule has 2 amide bonds. The molecule has 0 heterocycles. The van der Waals surface area contributed by atoms with Crippen molar-refractivity contribution >= 4 is 11.8 Å². The third kappa shape index (κ3) is 5.46. The monoisotopic (exact) mass is 288 g/mol. The van der Waals surface area contributed by atoms with Gasteiger partial charge in [-0.05, 0) is 41.0 Å². The van der Waals surface area contributed by atoms with Crippen molar-refractivity contribution in [3.8, 4) is 0 Å². The van der Waals surface area contributed by atoms with Crippen LogP contribution < -0.4 is 0 Å². The Morgan fingerprint density at radius 2 is 1.60 bits per heavy atom. The Hall–Kier alpha value is -1.14. The fraction of sp³-hybridized carbons (Fsp3) is 0.857. The summed E-state index contributed by atoms with van der Waals surface area (Å²) in [6.07, 6.45) is -0.950. The van der Waals surface area contributed by atoms with E-state index >= 15 is 0 Å². The number of nitrogens with zero attached hydrogens (tertiary/aromatic N) is 2. The van der Waals surface area contributed by atoms with E-state index in [1.54, 1.807) is 11.8 Å². The average molecular weight is 288 g/mol. The molecule has 0 saturated carbocycles. The van der Waals surface area contributed by atoms with Crippen LogP contribution in [0.2, 0.25) is 0 Å². The van der Waals surface area contributed by atoms with Gasteiger partial charge in [0.1, 0.15) is 12.7 Å². The first-order chi connectivity index (χ1) is 9.26. The highest BCUT2D eigenvalue weighted by atomic mass is 16.3. The molecule has 0 radical (unpaired) electrons. The van der Waals surface area contributed by atoms with E-state index in [-0.39, 0.29) is 31.0 Å². The molecule has 0 aliphatic carbocycles. The van der Waals surface area contributed by atoms with Gasteiger partial charge in [-0.1, -0.05) is 0 Å². The molecule has 1 unspecified atom stereocenters. The second kappa shape index (κ2) is 8.92. The van der Waals surface area contributed by atoms with E-state index < -0.39 is 18.6 Å². The minimum Gasteiger partial charge on any atom is -0.387 e. The number of aliphatic hydroxyl groups is 2. The number of carbonyl (C=O) groups excluding carboxylic acids is 2. The van der Waals surface area contributed by atoms with Crippen molar-refractivity contribution in [1.29, 1.82) is 0 Å². The minimum absolute atomic E-state index is 0.0125. The normalized spacial score (nSPS) is 12.7. The number of likely N-dealkylation sites (N-methyl/N-ethyl adjacent to an activating group) is 1. The first-order valence-electron chi connectivity index (χ1n) is 7.15. The summed E-state index contributed by atoms with van der Waals surface area (Å²) in [5.74, 6) is -0.709. The van der Waals surface area contributed by atoms with Crippen molar-refractivity contribution in [2.24, 2.45) is 0 Å². The molecule has 118 valence electrons. The van der Waals surface area contributed by atoms with Crippen molar-refractivity contribution in [2.45, 2.75) is 59.2 Å². The Kier molecular flexibility index (Phi) is 8.41. The van der Waals surface area contributed by atoms with E-state index in [0.29, 0.717) is 6.54 Å². The molecule has 0 aliphatic rings. The first-order valence-corrected chi connectivity index (χ1v) is 7.15. The number of aliphatic hydroxyl groups excluding tert-OH is 2. The van der Waals surface area contributed by atoms with Gasteiger partial charge in [-0.15, -0.1) is 0 Å². The molecule has 0 aliphatic heterocycles. The molecule has 0 aromatic heterocycles. The van der Waals surface area contributed by atoms with Crippen LogP contribution in [0.15, 0.2) is 0 Å². The van der Waals surface area contributed by atoms with Gasteiger partial charge < -0.3 is 20.0 Å². The van der Waals surface area contributed by atoms with Gasteiger partial charge in [0.15, 0.2) is 0 Å². The summed E-state index contributed by atoms with van der Waals surface area (Å²) < 4.78 is 0. The zero-order valence-electron chi connectivity index (χ0n) is 13.2. The highest BCUT2D eigenvalue weighted by Gasteiger charge is 2.27. The maximum Gasteiger partial charge on any atom is 0.251 e. The summed E-state index contributed by atoms with van der Waals surface area (Å²) in [4.78, 5) is 26.6. The topological polar surface area (TPSA) is 81.1 Å². The van der Waals surface area contributed by atoms with E-state index in [2.05, 4.69) is 0 Å². The number of carbonyl (C=O) groups is 2. The highest BCUT2D eigenvalue weighted by Crippen LogP contribution is 2.10. The summed E-state index contributed by atoms with van der Waals surface area (Å²) in [5.41, 5.74) is 0. The van der Waals surface area contributed by atoms with Gasteiger partial charge in [-0.3, -0.25) is 9.59 Å². The second-order valence-electron chi connectivity index (χ2n) is 5.37. The van der Waals surface area contributed by atoms with Gasteiger partial charge in [-0.25, -0.2) is 0 Å². The molecule has 0 rings (SSSR count). The van der Waals surface area contributed by atoms with Crippen molar-refractivity contribution in [1.82, 2.24) is 9.80 Å². The maximum absolute atomic E-state index is 12.2. The minimum atomic E-state index is -1.12. The molecule has 2 N–H and O–H groups in total. The lowest BCUT2D eigenvalue weighted by Gasteiger charge is -2.33. The van der Waals surface area contributed by atoms with Crippen LogP contribution in [0.3, 0.4) is 0 Å².